The zero-order valence-corrected chi connectivity index (χ0v) is 7.16. The van der Waals surface area contributed by atoms with E-state index in [1.807, 2.05) is 12.4 Å². The first-order chi connectivity index (χ1) is 5.95. The number of aromatic nitrogens is 1. The van der Waals surface area contributed by atoms with Gasteiger partial charge in [0.25, 0.3) is 0 Å². The number of rotatable bonds is 2. The second kappa shape index (κ2) is 3.68. The maximum Gasteiger partial charge on any atom is 0.0270 e. The summed E-state index contributed by atoms with van der Waals surface area (Å²) in [6.45, 7) is 1.19. The quantitative estimate of drug-likeness (QED) is 0.710. The van der Waals surface area contributed by atoms with Crippen LogP contribution in [0, 0.1) is 0 Å². The van der Waals surface area contributed by atoms with Crippen molar-refractivity contribution in [3.63, 3.8) is 0 Å². The lowest BCUT2D eigenvalue weighted by Crippen LogP contribution is -2.23. The highest BCUT2D eigenvalue weighted by atomic mass is 14.9. The van der Waals surface area contributed by atoms with Gasteiger partial charge in [-0.05, 0) is 43.5 Å². The highest BCUT2D eigenvalue weighted by molar-refractivity contribution is 5.11. The summed E-state index contributed by atoms with van der Waals surface area (Å²) in [5.41, 5.74) is 1.39. The van der Waals surface area contributed by atoms with Crippen LogP contribution < -0.4 is 5.32 Å². The molecule has 0 radical (unpaired) electrons. The molecular weight excluding hydrogens is 148 g/mol. The topological polar surface area (TPSA) is 24.9 Å². The van der Waals surface area contributed by atoms with Gasteiger partial charge in [0.15, 0.2) is 0 Å². The molecule has 1 aromatic heterocycles. The van der Waals surface area contributed by atoms with Crippen LogP contribution >= 0.6 is 0 Å². The zero-order valence-electron chi connectivity index (χ0n) is 7.16. The van der Waals surface area contributed by atoms with E-state index in [0.717, 1.165) is 6.42 Å². The Hall–Kier alpha value is -0.890. The Balaban J connectivity index is 1.94. The molecule has 64 valence electrons. The number of nitrogens with one attached hydrogen (secondary N) is 1. The van der Waals surface area contributed by atoms with Gasteiger partial charge in [0.1, 0.15) is 0 Å². The van der Waals surface area contributed by atoms with Gasteiger partial charge >= 0.3 is 0 Å². The van der Waals surface area contributed by atoms with Crippen LogP contribution in [-0.2, 0) is 6.42 Å². The SMILES string of the molecule is c1cc(C[C@H]2CCCN2)ccn1. The molecule has 2 heteroatoms. The first-order valence-electron chi connectivity index (χ1n) is 4.57. The van der Waals surface area contributed by atoms with Crippen molar-refractivity contribution in [2.24, 2.45) is 0 Å². The molecule has 2 rings (SSSR count). The normalized spacial score (nSPS) is 22.8. The van der Waals surface area contributed by atoms with Crippen molar-refractivity contribution in [2.75, 3.05) is 6.54 Å². The average molecular weight is 162 g/mol. The fourth-order valence-corrected chi connectivity index (χ4v) is 1.73. The molecular formula is C10H14N2. The predicted octanol–water partition coefficient (Wildman–Crippen LogP) is 1.38. The monoisotopic (exact) mass is 162 g/mol. The molecule has 0 amide bonds. The van der Waals surface area contributed by atoms with E-state index in [-0.39, 0.29) is 0 Å². The minimum atomic E-state index is 0.701. The van der Waals surface area contributed by atoms with Crippen LogP contribution in [0.25, 0.3) is 0 Å². The minimum absolute atomic E-state index is 0.701. The summed E-state index contributed by atoms with van der Waals surface area (Å²) in [6, 6.07) is 4.90. The zero-order chi connectivity index (χ0) is 8.23. The van der Waals surface area contributed by atoms with E-state index in [1.54, 1.807) is 0 Å². The van der Waals surface area contributed by atoms with Gasteiger partial charge in [-0.25, -0.2) is 0 Å². The van der Waals surface area contributed by atoms with E-state index in [9.17, 15) is 0 Å². The van der Waals surface area contributed by atoms with Gasteiger partial charge in [-0.3, -0.25) is 4.98 Å². The number of hydrogen-bond acceptors (Lipinski definition) is 2. The second-order valence-electron chi connectivity index (χ2n) is 3.35. The molecule has 1 aliphatic heterocycles. The van der Waals surface area contributed by atoms with Gasteiger partial charge in [-0.1, -0.05) is 0 Å². The molecule has 1 saturated heterocycles. The average Bonchev–Trinajstić information content (AvgIpc) is 2.59. The van der Waals surface area contributed by atoms with Crippen molar-refractivity contribution in [1.29, 1.82) is 0 Å². The number of hydrogen-bond donors (Lipinski definition) is 1. The molecule has 0 aliphatic carbocycles. The first kappa shape index (κ1) is 7.74. The summed E-state index contributed by atoms with van der Waals surface area (Å²) < 4.78 is 0. The van der Waals surface area contributed by atoms with Crippen LogP contribution in [0.15, 0.2) is 24.5 Å². The summed E-state index contributed by atoms with van der Waals surface area (Å²) in [5.74, 6) is 0. The Morgan fingerprint density at radius 2 is 2.25 bits per heavy atom. The fourth-order valence-electron chi connectivity index (χ4n) is 1.73. The molecule has 0 saturated carbocycles. The Bertz CT molecular complexity index is 227. The smallest absolute Gasteiger partial charge is 0.0270 e. The minimum Gasteiger partial charge on any atom is -0.314 e. The van der Waals surface area contributed by atoms with Gasteiger partial charge < -0.3 is 5.32 Å². The molecule has 1 aromatic rings. The largest absolute Gasteiger partial charge is 0.314 e. The maximum absolute atomic E-state index is 4.00. The predicted molar refractivity (Wildman–Crippen MR) is 49.0 cm³/mol. The van der Waals surface area contributed by atoms with E-state index in [4.69, 9.17) is 0 Å². The third-order valence-electron chi connectivity index (χ3n) is 2.39. The molecule has 1 aliphatic rings. The van der Waals surface area contributed by atoms with Crippen molar-refractivity contribution >= 4 is 0 Å². The third-order valence-corrected chi connectivity index (χ3v) is 2.39. The molecule has 0 aromatic carbocycles. The third kappa shape index (κ3) is 1.83. The summed E-state index contributed by atoms with van der Waals surface area (Å²) in [5, 5.41) is 3.48. The van der Waals surface area contributed by atoms with Crippen molar-refractivity contribution < 1.29 is 0 Å². The van der Waals surface area contributed by atoms with Crippen molar-refractivity contribution in [3.05, 3.63) is 30.1 Å². The van der Waals surface area contributed by atoms with Crippen LogP contribution in [-0.4, -0.2) is 17.6 Å². The lowest BCUT2D eigenvalue weighted by Gasteiger charge is -2.08. The van der Waals surface area contributed by atoms with Crippen molar-refractivity contribution in [3.8, 4) is 0 Å². The first-order valence-corrected chi connectivity index (χ1v) is 4.57. The summed E-state index contributed by atoms with van der Waals surface area (Å²) in [7, 11) is 0. The van der Waals surface area contributed by atoms with E-state index in [0.29, 0.717) is 6.04 Å². The summed E-state index contributed by atoms with van der Waals surface area (Å²) >= 11 is 0. The molecule has 0 unspecified atom stereocenters. The van der Waals surface area contributed by atoms with E-state index < -0.39 is 0 Å². The molecule has 1 fully saturated rings. The van der Waals surface area contributed by atoms with E-state index >= 15 is 0 Å². The fraction of sp³-hybridized carbons (Fsp3) is 0.500. The molecule has 2 nitrogen and oxygen atoms in total. The molecule has 1 N–H and O–H groups in total. The lowest BCUT2D eigenvalue weighted by molar-refractivity contribution is 0.603. The van der Waals surface area contributed by atoms with Crippen molar-refractivity contribution in [1.82, 2.24) is 10.3 Å². The standard InChI is InChI=1S/C10H14N2/c1-2-10(12-5-1)8-9-3-6-11-7-4-9/h3-4,6-7,10,12H,1-2,5,8H2/t10-/m1/s1. The maximum atomic E-state index is 4.00. The molecule has 2 heterocycles. The molecule has 1 atom stereocenters. The summed E-state index contributed by atoms with van der Waals surface area (Å²) in [4.78, 5) is 4.00. The van der Waals surface area contributed by atoms with E-state index in [2.05, 4.69) is 22.4 Å². The summed E-state index contributed by atoms with van der Waals surface area (Å²) in [6.07, 6.45) is 7.54. The van der Waals surface area contributed by atoms with Crippen molar-refractivity contribution in [2.45, 2.75) is 25.3 Å². The van der Waals surface area contributed by atoms with Gasteiger partial charge in [0.2, 0.25) is 0 Å². The Kier molecular flexibility index (Phi) is 2.37. The lowest BCUT2D eigenvalue weighted by atomic mass is 10.1. The number of pyridine rings is 1. The van der Waals surface area contributed by atoms with Crippen LogP contribution in [0.1, 0.15) is 18.4 Å². The molecule has 0 spiro atoms. The Morgan fingerprint density at radius 3 is 2.92 bits per heavy atom. The van der Waals surface area contributed by atoms with Gasteiger partial charge in [-0.15, -0.1) is 0 Å². The highest BCUT2D eigenvalue weighted by Gasteiger charge is 2.13. The van der Waals surface area contributed by atoms with Crippen LogP contribution in [0.2, 0.25) is 0 Å². The van der Waals surface area contributed by atoms with Gasteiger partial charge in [0.05, 0.1) is 0 Å². The van der Waals surface area contributed by atoms with Gasteiger partial charge in [0, 0.05) is 18.4 Å². The highest BCUT2D eigenvalue weighted by Crippen LogP contribution is 2.10. The van der Waals surface area contributed by atoms with Crippen LogP contribution in [0.4, 0.5) is 0 Å². The molecule has 0 bridgehead atoms. The second-order valence-corrected chi connectivity index (χ2v) is 3.35. The van der Waals surface area contributed by atoms with Crippen LogP contribution in [0.3, 0.4) is 0 Å². The Labute approximate surface area is 73.0 Å². The van der Waals surface area contributed by atoms with E-state index in [1.165, 1.54) is 24.9 Å². The number of nitrogens with zero attached hydrogens (tertiary/aromatic N) is 1. The van der Waals surface area contributed by atoms with Gasteiger partial charge in [-0.2, -0.15) is 0 Å². The Morgan fingerprint density at radius 1 is 1.42 bits per heavy atom. The molecule has 12 heavy (non-hydrogen) atoms. The van der Waals surface area contributed by atoms with Crippen LogP contribution in [0.5, 0.6) is 0 Å².